The van der Waals surface area contributed by atoms with Gasteiger partial charge in [-0.1, -0.05) is 13.8 Å². The lowest BCUT2D eigenvalue weighted by molar-refractivity contribution is 0.259. The Labute approximate surface area is 113 Å². The van der Waals surface area contributed by atoms with E-state index in [1.807, 2.05) is 19.1 Å². The Bertz CT molecular complexity index is 509. The summed E-state index contributed by atoms with van der Waals surface area (Å²) in [5, 5.41) is 3.18. The van der Waals surface area contributed by atoms with Crippen LogP contribution in [-0.2, 0) is 6.61 Å². The summed E-state index contributed by atoms with van der Waals surface area (Å²) in [6.45, 7) is 7.32. The SMILES string of the molecule is CCNc1cc(OCc2ccco2)nc(C(C)C)n1. The minimum Gasteiger partial charge on any atom is -0.469 e. The molecule has 0 amide bonds. The maximum atomic E-state index is 5.64. The van der Waals surface area contributed by atoms with E-state index in [1.165, 1.54) is 0 Å². The van der Waals surface area contributed by atoms with Crippen molar-refractivity contribution < 1.29 is 9.15 Å². The Balaban J connectivity index is 2.13. The molecule has 2 heterocycles. The number of rotatable bonds is 6. The fourth-order valence-corrected chi connectivity index (χ4v) is 1.59. The van der Waals surface area contributed by atoms with Gasteiger partial charge in [-0.2, -0.15) is 4.98 Å². The molecule has 5 nitrogen and oxygen atoms in total. The second-order valence-corrected chi connectivity index (χ2v) is 4.50. The Kier molecular flexibility index (Phi) is 4.39. The number of aromatic nitrogens is 2. The van der Waals surface area contributed by atoms with Crippen molar-refractivity contribution in [2.45, 2.75) is 33.3 Å². The molecule has 2 rings (SSSR count). The van der Waals surface area contributed by atoms with Crippen LogP contribution >= 0.6 is 0 Å². The number of anilines is 1. The predicted octanol–water partition coefficient (Wildman–Crippen LogP) is 3.20. The molecule has 0 bridgehead atoms. The second kappa shape index (κ2) is 6.22. The molecular weight excluding hydrogens is 242 g/mol. The third-order valence-electron chi connectivity index (χ3n) is 2.54. The van der Waals surface area contributed by atoms with E-state index in [4.69, 9.17) is 9.15 Å². The molecule has 102 valence electrons. The molecule has 2 aromatic rings. The molecule has 0 unspecified atom stereocenters. The van der Waals surface area contributed by atoms with Crippen LogP contribution in [0.2, 0.25) is 0 Å². The van der Waals surface area contributed by atoms with Crippen molar-refractivity contribution in [3.8, 4) is 5.88 Å². The normalized spacial score (nSPS) is 10.7. The van der Waals surface area contributed by atoms with Gasteiger partial charge in [-0.05, 0) is 19.1 Å². The van der Waals surface area contributed by atoms with Crippen molar-refractivity contribution in [3.05, 3.63) is 36.0 Å². The topological polar surface area (TPSA) is 60.2 Å². The van der Waals surface area contributed by atoms with E-state index in [1.54, 1.807) is 12.3 Å². The van der Waals surface area contributed by atoms with Crippen molar-refractivity contribution >= 4 is 5.82 Å². The number of nitrogens with zero attached hydrogens (tertiary/aromatic N) is 2. The Morgan fingerprint density at radius 3 is 2.84 bits per heavy atom. The number of hydrogen-bond donors (Lipinski definition) is 1. The maximum Gasteiger partial charge on any atom is 0.219 e. The Hall–Kier alpha value is -2.04. The molecule has 0 radical (unpaired) electrons. The van der Waals surface area contributed by atoms with Crippen molar-refractivity contribution in [2.24, 2.45) is 0 Å². The molecule has 0 spiro atoms. The van der Waals surface area contributed by atoms with Crippen molar-refractivity contribution in [1.29, 1.82) is 0 Å². The minimum atomic E-state index is 0.254. The monoisotopic (exact) mass is 261 g/mol. The van der Waals surface area contributed by atoms with Crippen LogP contribution in [0.25, 0.3) is 0 Å². The Morgan fingerprint density at radius 1 is 1.37 bits per heavy atom. The fourth-order valence-electron chi connectivity index (χ4n) is 1.59. The first-order valence-corrected chi connectivity index (χ1v) is 6.47. The molecule has 0 saturated carbocycles. The smallest absolute Gasteiger partial charge is 0.219 e. The van der Waals surface area contributed by atoms with Gasteiger partial charge in [0.1, 0.15) is 24.0 Å². The van der Waals surface area contributed by atoms with Crippen LogP contribution < -0.4 is 10.1 Å². The number of hydrogen-bond acceptors (Lipinski definition) is 5. The van der Waals surface area contributed by atoms with E-state index in [0.717, 1.165) is 23.9 Å². The third kappa shape index (κ3) is 3.71. The molecular formula is C14H19N3O2. The molecule has 0 atom stereocenters. The highest BCUT2D eigenvalue weighted by atomic mass is 16.5. The lowest BCUT2D eigenvalue weighted by Crippen LogP contribution is -2.07. The van der Waals surface area contributed by atoms with Gasteiger partial charge < -0.3 is 14.5 Å². The average Bonchev–Trinajstić information content (AvgIpc) is 2.89. The van der Waals surface area contributed by atoms with Crippen molar-refractivity contribution in [2.75, 3.05) is 11.9 Å². The van der Waals surface area contributed by atoms with E-state index in [-0.39, 0.29) is 5.92 Å². The fraction of sp³-hybridized carbons (Fsp3) is 0.429. The highest BCUT2D eigenvalue weighted by molar-refractivity contribution is 5.38. The van der Waals surface area contributed by atoms with Gasteiger partial charge in [0.2, 0.25) is 5.88 Å². The maximum absolute atomic E-state index is 5.64. The van der Waals surface area contributed by atoms with E-state index in [0.29, 0.717) is 12.5 Å². The van der Waals surface area contributed by atoms with Crippen LogP contribution in [0.5, 0.6) is 5.88 Å². The first-order chi connectivity index (χ1) is 9.19. The van der Waals surface area contributed by atoms with Gasteiger partial charge in [0, 0.05) is 18.5 Å². The standard InChI is InChI=1S/C14H19N3O2/c1-4-15-12-8-13(17-14(16-12)10(2)3)19-9-11-6-5-7-18-11/h5-8,10H,4,9H2,1-3H3,(H,15,16,17). The highest BCUT2D eigenvalue weighted by Crippen LogP contribution is 2.19. The van der Waals surface area contributed by atoms with Crippen molar-refractivity contribution in [3.63, 3.8) is 0 Å². The molecule has 0 aliphatic carbocycles. The average molecular weight is 261 g/mol. The summed E-state index contributed by atoms with van der Waals surface area (Å²) in [5.41, 5.74) is 0. The van der Waals surface area contributed by atoms with Crippen molar-refractivity contribution in [1.82, 2.24) is 9.97 Å². The summed E-state index contributed by atoms with van der Waals surface area (Å²) >= 11 is 0. The van der Waals surface area contributed by atoms with Gasteiger partial charge in [0.25, 0.3) is 0 Å². The zero-order valence-corrected chi connectivity index (χ0v) is 11.5. The van der Waals surface area contributed by atoms with E-state index in [9.17, 15) is 0 Å². The van der Waals surface area contributed by atoms with Crippen LogP contribution in [0.1, 0.15) is 38.3 Å². The number of nitrogens with one attached hydrogen (secondary N) is 1. The summed E-state index contributed by atoms with van der Waals surface area (Å²) in [5.74, 6) is 3.15. The van der Waals surface area contributed by atoms with Crippen LogP contribution in [-0.4, -0.2) is 16.5 Å². The lowest BCUT2D eigenvalue weighted by atomic mass is 10.2. The van der Waals surface area contributed by atoms with Gasteiger partial charge >= 0.3 is 0 Å². The second-order valence-electron chi connectivity index (χ2n) is 4.50. The molecule has 19 heavy (non-hydrogen) atoms. The predicted molar refractivity (Wildman–Crippen MR) is 73.3 cm³/mol. The zero-order valence-electron chi connectivity index (χ0n) is 11.5. The summed E-state index contributed by atoms with van der Waals surface area (Å²) in [6.07, 6.45) is 1.63. The van der Waals surface area contributed by atoms with Gasteiger partial charge in [-0.3, -0.25) is 0 Å². The highest BCUT2D eigenvalue weighted by Gasteiger charge is 2.09. The number of furan rings is 1. The van der Waals surface area contributed by atoms with Gasteiger partial charge in [0.05, 0.1) is 6.26 Å². The molecule has 0 aromatic carbocycles. The molecule has 0 saturated heterocycles. The zero-order chi connectivity index (χ0) is 13.7. The number of ether oxygens (including phenoxy) is 1. The van der Waals surface area contributed by atoms with Gasteiger partial charge in [-0.25, -0.2) is 4.98 Å². The van der Waals surface area contributed by atoms with Crippen LogP contribution in [0.15, 0.2) is 28.9 Å². The Morgan fingerprint density at radius 2 is 2.21 bits per heavy atom. The summed E-state index contributed by atoms with van der Waals surface area (Å²) in [4.78, 5) is 8.84. The largest absolute Gasteiger partial charge is 0.469 e. The lowest BCUT2D eigenvalue weighted by Gasteiger charge is -2.11. The molecule has 0 aliphatic rings. The van der Waals surface area contributed by atoms with E-state index in [2.05, 4.69) is 29.1 Å². The molecule has 1 N–H and O–H groups in total. The van der Waals surface area contributed by atoms with Crippen LogP contribution in [0.4, 0.5) is 5.82 Å². The quantitative estimate of drug-likeness (QED) is 0.865. The van der Waals surface area contributed by atoms with Crippen LogP contribution in [0.3, 0.4) is 0 Å². The summed E-state index contributed by atoms with van der Waals surface area (Å²) in [6, 6.07) is 5.51. The molecule has 0 fully saturated rings. The van der Waals surface area contributed by atoms with Gasteiger partial charge in [-0.15, -0.1) is 0 Å². The third-order valence-corrected chi connectivity index (χ3v) is 2.54. The molecule has 0 aliphatic heterocycles. The van der Waals surface area contributed by atoms with E-state index >= 15 is 0 Å². The van der Waals surface area contributed by atoms with Crippen LogP contribution in [0, 0.1) is 0 Å². The first kappa shape index (κ1) is 13.4. The van der Waals surface area contributed by atoms with E-state index < -0.39 is 0 Å². The first-order valence-electron chi connectivity index (χ1n) is 6.47. The molecule has 2 aromatic heterocycles. The molecule has 5 heteroatoms. The summed E-state index contributed by atoms with van der Waals surface area (Å²) < 4.78 is 10.9. The van der Waals surface area contributed by atoms with Gasteiger partial charge in [0.15, 0.2) is 0 Å². The summed E-state index contributed by atoms with van der Waals surface area (Å²) in [7, 11) is 0. The minimum absolute atomic E-state index is 0.254.